The summed E-state index contributed by atoms with van der Waals surface area (Å²) in [5.74, 6) is 0.264. The second-order valence-electron chi connectivity index (χ2n) is 7.35. The van der Waals surface area contributed by atoms with Crippen LogP contribution in [-0.4, -0.2) is 53.8 Å². The Hall–Kier alpha value is -2.99. The standard InChI is InChI=1S/C23H28N2O4/c1-25-14-2-3-19(25)16-29-20-8-4-17(5-9-20)12-13-24-23(28)11-7-18-6-10-21(26)22(27)15-18/h4-11,15,19,26-27H,2-3,12-14,16H2,1H3,(H,24,28)/b11-7+. The van der Waals surface area contributed by atoms with E-state index in [0.29, 0.717) is 18.2 Å². The summed E-state index contributed by atoms with van der Waals surface area (Å²) in [6.45, 7) is 2.39. The Morgan fingerprint density at radius 2 is 2.00 bits per heavy atom. The van der Waals surface area contributed by atoms with Gasteiger partial charge in [0.1, 0.15) is 12.4 Å². The van der Waals surface area contributed by atoms with Gasteiger partial charge < -0.3 is 25.2 Å². The summed E-state index contributed by atoms with van der Waals surface area (Å²) >= 11 is 0. The van der Waals surface area contributed by atoms with Crippen molar-refractivity contribution < 1.29 is 19.7 Å². The van der Waals surface area contributed by atoms with Crippen molar-refractivity contribution in [2.75, 3.05) is 26.7 Å². The predicted molar refractivity (Wildman–Crippen MR) is 113 cm³/mol. The van der Waals surface area contributed by atoms with E-state index in [9.17, 15) is 15.0 Å². The number of nitrogens with zero attached hydrogens (tertiary/aromatic N) is 1. The number of amides is 1. The van der Waals surface area contributed by atoms with Crippen LogP contribution in [0.2, 0.25) is 0 Å². The highest BCUT2D eigenvalue weighted by Gasteiger charge is 2.21. The summed E-state index contributed by atoms with van der Waals surface area (Å²) in [5, 5.41) is 21.6. The molecule has 154 valence electrons. The molecule has 6 nitrogen and oxygen atoms in total. The highest BCUT2D eigenvalue weighted by Crippen LogP contribution is 2.25. The van der Waals surface area contributed by atoms with Gasteiger partial charge in [-0.25, -0.2) is 0 Å². The molecule has 1 aliphatic heterocycles. The summed E-state index contributed by atoms with van der Waals surface area (Å²) in [4.78, 5) is 14.3. The van der Waals surface area contributed by atoms with Crippen LogP contribution >= 0.6 is 0 Å². The fourth-order valence-electron chi connectivity index (χ4n) is 3.34. The minimum Gasteiger partial charge on any atom is -0.504 e. The lowest BCUT2D eigenvalue weighted by molar-refractivity contribution is -0.116. The Balaban J connectivity index is 1.38. The van der Waals surface area contributed by atoms with Crippen LogP contribution in [0, 0.1) is 0 Å². The first-order valence-electron chi connectivity index (χ1n) is 9.91. The highest BCUT2D eigenvalue weighted by molar-refractivity contribution is 5.91. The summed E-state index contributed by atoms with van der Waals surface area (Å²) in [6.07, 6.45) is 6.15. The van der Waals surface area contributed by atoms with Gasteiger partial charge in [-0.1, -0.05) is 18.2 Å². The molecule has 29 heavy (non-hydrogen) atoms. The third-order valence-corrected chi connectivity index (χ3v) is 5.18. The van der Waals surface area contributed by atoms with Crippen molar-refractivity contribution in [2.24, 2.45) is 0 Å². The number of aromatic hydroxyl groups is 2. The number of likely N-dealkylation sites (N-methyl/N-ethyl adjacent to an activating group) is 1. The molecule has 3 rings (SSSR count). The van der Waals surface area contributed by atoms with Gasteiger partial charge in [-0.2, -0.15) is 0 Å². The van der Waals surface area contributed by atoms with Crippen molar-refractivity contribution in [3.05, 3.63) is 59.7 Å². The molecule has 0 saturated carbocycles. The Kier molecular flexibility index (Phi) is 7.14. The van der Waals surface area contributed by atoms with Crippen LogP contribution in [0.4, 0.5) is 0 Å². The Morgan fingerprint density at radius 3 is 2.69 bits per heavy atom. The minimum atomic E-state index is -0.213. The van der Waals surface area contributed by atoms with E-state index in [1.165, 1.54) is 31.1 Å². The molecule has 1 amide bonds. The monoisotopic (exact) mass is 396 g/mol. The SMILES string of the molecule is CN1CCCC1COc1ccc(CCNC(=O)/C=C/c2ccc(O)c(O)c2)cc1. The molecule has 0 aromatic heterocycles. The third kappa shape index (κ3) is 6.26. The topological polar surface area (TPSA) is 82.0 Å². The van der Waals surface area contributed by atoms with Gasteiger partial charge in [0.05, 0.1) is 0 Å². The van der Waals surface area contributed by atoms with Crippen LogP contribution in [0.15, 0.2) is 48.5 Å². The molecule has 0 radical (unpaired) electrons. The lowest BCUT2D eigenvalue weighted by atomic mass is 10.1. The molecule has 1 saturated heterocycles. The first-order valence-corrected chi connectivity index (χ1v) is 9.91. The Labute approximate surface area is 171 Å². The first kappa shape index (κ1) is 20.7. The van der Waals surface area contributed by atoms with Gasteiger partial charge in [-0.15, -0.1) is 0 Å². The normalized spacial score (nSPS) is 16.9. The van der Waals surface area contributed by atoms with Crippen molar-refractivity contribution in [3.63, 3.8) is 0 Å². The number of hydrogen-bond acceptors (Lipinski definition) is 5. The smallest absolute Gasteiger partial charge is 0.244 e. The average Bonchev–Trinajstić information content (AvgIpc) is 3.13. The molecule has 1 unspecified atom stereocenters. The number of carbonyl (C=O) groups is 1. The first-order chi connectivity index (χ1) is 14.0. The summed E-state index contributed by atoms with van der Waals surface area (Å²) in [7, 11) is 2.14. The lowest BCUT2D eigenvalue weighted by Crippen LogP contribution is -2.30. The third-order valence-electron chi connectivity index (χ3n) is 5.18. The molecular formula is C23H28N2O4. The number of nitrogens with one attached hydrogen (secondary N) is 1. The highest BCUT2D eigenvalue weighted by atomic mass is 16.5. The molecule has 1 fully saturated rings. The van der Waals surface area contributed by atoms with Crippen LogP contribution in [0.5, 0.6) is 17.2 Å². The maximum atomic E-state index is 11.9. The van der Waals surface area contributed by atoms with E-state index in [0.717, 1.165) is 30.9 Å². The molecule has 3 N–H and O–H groups in total. The van der Waals surface area contributed by atoms with Gasteiger partial charge in [-0.05, 0) is 74.3 Å². The van der Waals surface area contributed by atoms with Gasteiger partial charge in [0.2, 0.25) is 5.91 Å². The number of hydrogen-bond donors (Lipinski definition) is 3. The van der Waals surface area contributed by atoms with Crippen LogP contribution in [0.1, 0.15) is 24.0 Å². The van der Waals surface area contributed by atoms with E-state index in [4.69, 9.17) is 4.74 Å². The second kappa shape index (κ2) is 9.98. The van der Waals surface area contributed by atoms with Gasteiger partial charge in [0.25, 0.3) is 0 Å². The van der Waals surface area contributed by atoms with Crippen LogP contribution in [-0.2, 0) is 11.2 Å². The van der Waals surface area contributed by atoms with Crippen LogP contribution in [0.3, 0.4) is 0 Å². The zero-order chi connectivity index (χ0) is 20.6. The zero-order valence-corrected chi connectivity index (χ0v) is 16.7. The average molecular weight is 396 g/mol. The number of phenolic OH excluding ortho intramolecular Hbond substituents is 2. The molecule has 2 aromatic carbocycles. The van der Waals surface area contributed by atoms with Crippen molar-refractivity contribution in [2.45, 2.75) is 25.3 Å². The largest absolute Gasteiger partial charge is 0.504 e. The number of ether oxygens (including phenoxy) is 1. The zero-order valence-electron chi connectivity index (χ0n) is 16.7. The van der Waals surface area contributed by atoms with Gasteiger partial charge in [0, 0.05) is 18.7 Å². The van der Waals surface area contributed by atoms with E-state index < -0.39 is 0 Å². The number of benzene rings is 2. The predicted octanol–water partition coefficient (Wildman–Crippen LogP) is 2.94. The van der Waals surface area contributed by atoms with E-state index in [2.05, 4.69) is 17.3 Å². The molecule has 0 aliphatic carbocycles. The van der Waals surface area contributed by atoms with Crippen molar-refractivity contribution in [1.29, 1.82) is 0 Å². The molecular weight excluding hydrogens is 368 g/mol. The number of rotatable bonds is 8. The Bertz CT molecular complexity index is 848. The second-order valence-corrected chi connectivity index (χ2v) is 7.35. The fourth-order valence-corrected chi connectivity index (χ4v) is 3.34. The van der Waals surface area contributed by atoms with Crippen molar-refractivity contribution >= 4 is 12.0 Å². The minimum absolute atomic E-state index is 0.186. The van der Waals surface area contributed by atoms with E-state index in [1.807, 2.05) is 24.3 Å². The van der Waals surface area contributed by atoms with E-state index in [1.54, 1.807) is 12.1 Å². The maximum Gasteiger partial charge on any atom is 0.244 e. The van der Waals surface area contributed by atoms with Crippen LogP contribution < -0.4 is 10.1 Å². The number of likely N-dealkylation sites (tertiary alicyclic amines) is 1. The lowest BCUT2D eigenvalue weighted by Gasteiger charge is -2.19. The maximum absolute atomic E-state index is 11.9. The number of carbonyl (C=O) groups excluding carboxylic acids is 1. The Morgan fingerprint density at radius 1 is 1.21 bits per heavy atom. The molecule has 6 heteroatoms. The van der Waals surface area contributed by atoms with Gasteiger partial charge >= 0.3 is 0 Å². The molecule has 1 atom stereocenters. The quantitative estimate of drug-likeness (QED) is 0.472. The van der Waals surface area contributed by atoms with Crippen LogP contribution in [0.25, 0.3) is 6.08 Å². The molecule has 0 spiro atoms. The number of phenols is 2. The molecule has 0 bridgehead atoms. The molecule has 1 aliphatic rings. The van der Waals surface area contributed by atoms with Crippen molar-refractivity contribution in [1.82, 2.24) is 10.2 Å². The summed E-state index contributed by atoms with van der Waals surface area (Å²) in [6, 6.07) is 12.9. The molecule has 1 heterocycles. The van der Waals surface area contributed by atoms with E-state index in [-0.39, 0.29) is 17.4 Å². The van der Waals surface area contributed by atoms with Crippen molar-refractivity contribution in [3.8, 4) is 17.2 Å². The fraction of sp³-hybridized carbons (Fsp3) is 0.348. The summed E-state index contributed by atoms with van der Waals surface area (Å²) < 4.78 is 5.89. The van der Waals surface area contributed by atoms with Gasteiger partial charge in [0.15, 0.2) is 11.5 Å². The summed E-state index contributed by atoms with van der Waals surface area (Å²) in [5.41, 5.74) is 1.76. The molecule has 2 aromatic rings. The van der Waals surface area contributed by atoms with E-state index >= 15 is 0 Å². The van der Waals surface area contributed by atoms with Gasteiger partial charge in [-0.3, -0.25) is 4.79 Å².